The number of aromatic nitrogens is 1. The van der Waals surface area contributed by atoms with E-state index in [-0.39, 0.29) is 5.91 Å². The largest absolute Gasteiger partial charge is 0.322 e. The fourth-order valence-electron chi connectivity index (χ4n) is 2.56. The van der Waals surface area contributed by atoms with Crippen LogP contribution in [0.4, 0.5) is 5.69 Å². The van der Waals surface area contributed by atoms with Crippen LogP contribution in [0.15, 0.2) is 77.1 Å². The molecule has 0 spiro atoms. The van der Waals surface area contributed by atoms with Gasteiger partial charge in [-0.05, 0) is 48.0 Å². The van der Waals surface area contributed by atoms with Crippen LogP contribution in [0.5, 0.6) is 0 Å². The molecule has 0 saturated heterocycles. The van der Waals surface area contributed by atoms with E-state index in [0.717, 1.165) is 31.0 Å². The normalized spacial score (nSPS) is 10.9. The van der Waals surface area contributed by atoms with Crippen molar-refractivity contribution >= 4 is 56.5 Å². The van der Waals surface area contributed by atoms with Crippen LogP contribution in [-0.2, 0) is 5.75 Å². The summed E-state index contributed by atoms with van der Waals surface area (Å²) in [5, 5.41) is 3.69. The number of hydrogen-bond acceptors (Lipinski definition) is 4. The monoisotopic (exact) mass is 410 g/mol. The maximum atomic E-state index is 12.3. The van der Waals surface area contributed by atoms with Crippen molar-refractivity contribution < 1.29 is 4.79 Å². The minimum atomic E-state index is -0.114. The minimum Gasteiger partial charge on any atom is -0.322 e. The summed E-state index contributed by atoms with van der Waals surface area (Å²) in [7, 11) is 0. The molecule has 0 saturated carbocycles. The smallest absolute Gasteiger partial charge is 0.255 e. The molecule has 0 aliphatic carbocycles. The van der Waals surface area contributed by atoms with E-state index in [0.29, 0.717) is 5.56 Å². The van der Waals surface area contributed by atoms with Gasteiger partial charge in [0.1, 0.15) is 0 Å². The Hall–Kier alpha value is -2.34. The third-order valence-electron chi connectivity index (χ3n) is 3.94. The highest BCUT2D eigenvalue weighted by Crippen LogP contribution is 2.33. The Kier molecular flexibility index (Phi) is 5.43. The van der Waals surface area contributed by atoms with Crippen LogP contribution in [-0.4, -0.2) is 10.9 Å². The number of rotatable bonds is 5. The second-order valence-corrected chi connectivity index (χ2v) is 8.59. The number of fused-ring (bicyclic) bond motifs is 1. The first-order valence-electron chi connectivity index (χ1n) is 8.32. The quantitative estimate of drug-likeness (QED) is 0.382. The molecule has 0 bridgehead atoms. The number of thiazole rings is 1. The van der Waals surface area contributed by atoms with Crippen molar-refractivity contribution in [3.8, 4) is 0 Å². The lowest BCUT2D eigenvalue weighted by molar-refractivity contribution is 0.102. The predicted molar refractivity (Wildman–Crippen MR) is 115 cm³/mol. The highest BCUT2D eigenvalue weighted by atomic mass is 35.5. The molecule has 0 radical (unpaired) electrons. The van der Waals surface area contributed by atoms with Gasteiger partial charge in [-0.3, -0.25) is 4.79 Å². The predicted octanol–water partition coefficient (Wildman–Crippen LogP) is 6.49. The molecule has 134 valence electrons. The van der Waals surface area contributed by atoms with Crippen molar-refractivity contribution in [3.05, 3.63) is 88.9 Å². The summed E-state index contributed by atoms with van der Waals surface area (Å²) in [6.07, 6.45) is 0. The third-order valence-corrected chi connectivity index (χ3v) is 6.42. The summed E-state index contributed by atoms with van der Waals surface area (Å²) in [4.78, 5) is 17.0. The summed E-state index contributed by atoms with van der Waals surface area (Å²) in [5.74, 6) is 0.728. The van der Waals surface area contributed by atoms with Gasteiger partial charge in [0.25, 0.3) is 5.91 Å². The SMILES string of the molecule is O=C(Nc1ccc2nc(SCc3ccc(Cl)cc3)sc2c1)c1ccccc1. The molecule has 1 aromatic heterocycles. The zero-order valence-electron chi connectivity index (χ0n) is 14.2. The lowest BCUT2D eigenvalue weighted by Gasteiger charge is -2.04. The number of carbonyl (C=O) groups is 1. The second kappa shape index (κ2) is 8.13. The van der Waals surface area contributed by atoms with Gasteiger partial charge in [0, 0.05) is 22.0 Å². The molecular weight excluding hydrogens is 396 g/mol. The minimum absolute atomic E-state index is 0.114. The molecule has 0 aliphatic heterocycles. The molecule has 6 heteroatoms. The highest BCUT2D eigenvalue weighted by Gasteiger charge is 2.09. The molecule has 4 rings (SSSR count). The van der Waals surface area contributed by atoms with Crippen molar-refractivity contribution in [2.75, 3.05) is 5.32 Å². The number of carbonyl (C=O) groups excluding carboxylic acids is 1. The van der Waals surface area contributed by atoms with E-state index in [2.05, 4.69) is 10.3 Å². The van der Waals surface area contributed by atoms with Crippen molar-refractivity contribution in [1.82, 2.24) is 4.98 Å². The molecule has 1 heterocycles. The van der Waals surface area contributed by atoms with E-state index in [1.165, 1.54) is 5.56 Å². The van der Waals surface area contributed by atoms with Gasteiger partial charge in [0.15, 0.2) is 4.34 Å². The number of nitrogens with one attached hydrogen (secondary N) is 1. The van der Waals surface area contributed by atoms with Crippen LogP contribution in [0, 0.1) is 0 Å². The van der Waals surface area contributed by atoms with E-state index in [1.54, 1.807) is 35.2 Å². The van der Waals surface area contributed by atoms with Crippen molar-refractivity contribution in [2.24, 2.45) is 0 Å². The van der Waals surface area contributed by atoms with E-state index in [4.69, 9.17) is 11.6 Å². The van der Waals surface area contributed by atoms with E-state index < -0.39 is 0 Å². The van der Waals surface area contributed by atoms with Crippen molar-refractivity contribution in [2.45, 2.75) is 10.1 Å². The second-order valence-electron chi connectivity index (χ2n) is 5.90. The van der Waals surface area contributed by atoms with Gasteiger partial charge in [-0.2, -0.15) is 0 Å². The van der Waals surface area contributed by atoms with Crippen LogP contribution in [0.25, 0.3) is 10.2 Å². The Bertz CT molecular complexity index is 1080. The van der Waals surface area contributed by atoms with Crippen LogP contribution < -0.4 is 5.32 Å². The van der Waals surface area contributed by atoms with Gasteiger partial charge in [0.05, 0.1) is 10.2 Å². The van der Waals surface area contributed by atoms with Gasteiger partial charge < -0.3 is 5.32 Å². The van der Waals surface area contributed by atoms with Gasteiger partial charge in [-0.25, -0.2) is 4.98 Å². The summed E-state index contributed by atoms with van der Waals surface area (Å²) in [6.45, 7) is 0. The summed E-state index contributed by atoms with van der Waals surface area (Å²) < 4.78 is 2.06. The van der Waals surface area contributed by atoms with E-state index >= 15 is 0 Å². The topological polar surface area (TPSA) is 42.0 Å². The number of benzene rings is 3. The van der Waals surface area contributed by atoms with Crippen molar-refractivity contribution in [3.63, 3.8) is 0 Å². The number of anilines is 1. The molecule has 27 heavy (non-hydrogen) atoms. The number of thioether (sulfide) groups is 1. The molecule has 4 aromatic rings. The molecular formula is C21H15ClN2OS2. The first-order chi connectivity index (χ1) is 13.2. The fraction of sp³-hybridized carbons (Fsp3) is 0.0476. The number of nitrogens with zero attached hydrogens (tertiary/aromatic N) is 1. The van der Waals surface area contributed by atoms with Gasteiger partial charge in [-0.15, -0.1) is 11.3 Å². The molecule has 0 aliphatic rings. The summed E-state index contributed by atoms with van der Waals surface area (Å²) in [6, 6.07) is 22.8. The lowest BCUT2D eigenvalue weighted by atomic mass is 10.2. The molecule has 3 nitrogen and oxygen atoms in total. The Labute approximate surface area is 170 Å². The maximum Gasteiger partial charge on any atom is 0.255 e. The molecule has 0 atom stereocenters. The molecule has 0 unspecified atom stereocenters. The first-order valence-corrected chi connectivity index (χ1v) is 10.5. The summed E-state index contributed by atoms with van der Waals surface area (Å²) in [5.41, 5.74) is 3.56. The lowest BCUT2D eigenvalue weighted by Crippen LogP contribution is -2.11. The number of hydrogen-bond donors (Lipinski definition) is 1. The average Bonchev–Trinajstić information content (AvgIpc) is 3.10. The number of halogens is 1. The zero-order valence-corrected chi connectivity index (χ0v) is 16.6. The summed E-state index contributed by atoms with van der Waals surface area (Å²) >= 11 is 9.26. The van der Waals surface area contributed by atoms with Crippen molar-refractivity contribution in [1.29, 1.82) is 0 Å². The van der Waals surface area contributed by atoms with Crippen LogP contribution in [0.3, 0.4) is 0 Å². The zero-order chi connectivity index (χ0) is 18.6. The van der Waals surface area contributed by atoms with E-state index in [9.17, 15) is 4.79 Å². The molecule has 1 N–H and O–H groups in total. The Morgan fingerprint density at radius 3 is 2.59 bits per heavy atom. The molecule has 0 fully saturated rings. The van der Waals surface area contributed by atoms with Crippen LogP contribution >= 0.6 is 34.7 Å². The van der Waals surface area contributed by atoms with Gasteiger partial charge in [0.2, 0.25) is 0 Å². The average molecular weight is 411 g/mol. The van der Waals surface area contributed by atoms with Gasteiger partial charge >= 0.3 is 0 Å². The third kappa shape index (κ3) is 4.50. The van der Waals surface area contributed by atoms with E-state index in [1.807, 2.05) is 60.7 Å². The Morgan fingerprint density at radius 2 is 1.81 bits per heavy atom. The Balaban J connectivity index is 1.46. The fourth-order valence-corrected chi connectivity index (χ4v) is 4.75. The first kappa shape index (κ1) is 18.0. The van der Waals surface area contributed by atoms with Gasteiger partial charge in [-0.1, -0.05) is 53.7 Å². The Morgan fingerprint density at radius 1 is 1.04 bits per heavy atom. The van der Waals surface area contributed by atoms with Crippen LogP contribution in [0.1, 0.15) is 15.9 Å². The number of amides is 1. The highest BCUT2D eigenvalue weighted by molar-refractivity contribution is 8.00. The van der Waals surface area contributed by atoms with Crippen LogP contribution in [0.2, 0.25) is 5.02 Å². The standard InChI is InChI=1S/C21H15ClN2OS2/c22-16-8-6-14(7-9-16)13-26-21-24-18-11-10-17(12-19(18)27-21)23-20(25)15-4-2-1-3-5-15/h1-12H,13H2,(H,23,25). The molecule has 1 amide bonds. The maximum absolute atomic E-state index is 12.3. The molecule has 3 aromatic carbocycles.